The van der Waals surface area contributed by atoms with Crippen molar-refractivity contribution in [1.82, 2.24) is 14.9 Å². The number of hydrogen-bond acceptors (Lipinski definition) is 4. The van der Waals surface area contributed by atoms with Gasteiger partial charge in [-0.1, -0.05) is 24.3 Å². The molecule has 122 valence electrons. The van der Waals surface area contributed by atoms with Gasteiger partial charge in [0.05, 0.1) is 18.0 Å². The highest BCUT2D eigenvalue weighted by Crippen LogP contribution is 2.12. The van der Waals surface area contributed by atoms with Crippen LogP contribution in [0.2, 0.25) is 0 Å². The number of fused-ring (bicyclic) bond motifs is 1. The fourth-order valence-electron chi connectivity index (χ4n) is 2.46. The van der Waals surface area contributed by atoms with Crippen LogP contribution in [-0.4, -0.2) is 22.6 Å². The Bertz CT molecular complexity index is 963. The average Bonchev–Trinajstić information content (AvgIpc) is 2.63. The molecule has 1 heterocycles. The average molecular weight is 323 g/mol. The smallest absolute Gasteiger partial charge is 0.287 e. The Kier molecular flexibility index (Phi) is 4.29. The highest BCUT2D eigenvalue weighted by Gasteiger charge is 2.14. The van der Waals surface area contributed by atoms with Gasteiger partial charge >= 0.3 is 0 Å². The topological polar surface area (TPSA) is 73.2 Å². The van der Waals surface area contributed by atoms with Gasteiger partial charge < -0.3 is 10.1 Å². The molecule has 0 saturated carbocycles. The molecule has 1 aromatic heterocycles. The van der Waals surface area contributed by atoms with Gasteiger partial charge in [-0.2, -0.15) is 0 Å². The third-order valence-corrected chi connectivity index (χ3v) is 3.77. The molecule has 0 saturated heterocycles. The van der Waals surface area contributed by atoms with E-state index in [1.54, 1.807) is 38.4 Å². The Morgan fingerprint density at radius 2 is 2.00 bits per heavy atom. The Labute approximate surface area is 138 Å². The summed E-state index contributed by atoms with van der Waals surface area (Å²) in [6.07, 6.45) is 0. The lowest BCUT2D eigenvalue weighted by molar-refractivity contribution is 0.0936. The summed E-state index contributed by atoms with van der Waals surface area (Å²) in [5.41, 5.74) is 1.16. The number of carbonyl (C=O) groups excluding carboxylic acids is 1. The van der Waals surface area contributed by atoms with Crippen molar-refractivity contribution < 1.29 is 9.53 Å². The van der Waals surface area contributed by atoms with E-state index in [-0.39, 0.29) is 11.4 Å². The highest BCUT2D eigenvalue weighted by molar-refractivity contribution is 5.92. The van der Waals surface area contributed by atoms with Crippen molar-refractivity contribution >= 4 is 16.8 Å². The number of para-hydroxylation sites is 1. The maximum atomic E-state index is 12.4. The van der Waals surface area contributed by atoms with Crippen LogP contribution in [0.1, 0.15) is 16.2 Å². The number of rotatable bonds is 4. The van der Waals surface area contributed by atoms with Crippen LogP contribution in [0.15, 0.2) is 53.3 Å². The van der Waals surface area contributed by atoms with Crippen molar-refractivity contribution in [3.8, 4) is 5.75 Å². The zero-order chi connectivity index (χ0) is 17.1. The molecule has 0 radical (unpaired) electrons. The molecule has 0 unspecified atom stereocenters. The molecule has 0 aliphatic rings. The first-order valence-electron chi connectivity index (χ1n) is 7.47. The Morgan fingerprint density at radius 3 is 2.79 bits per heavy atom. The van der Waals surface area contributed by atoms with Crippen LogP contribution in [0.3, 0.4) is 0 Å². The number of nitrogens with one attached hydrogen (secondary N) is 1. The molecule has 0 spiro atoms. The molecule has 0 aliphatic heterocycles. The molecule has 0 aliphatic carbocycles. The first-order valence-corrected chi connectivity index (χ1v) is 7.47. The zero-order valence-electron chi connectivity index (χ0n) is 13.4. The van der Waals surface area contributed by atoms with E-state index in [1.807, 2.05) is 24.3 Å². The van der Waals surface area contributed by atoms with Crippen LogP contribution < -0.4 is 15.6 Å². The third kappa shape index (κ3) is 2.99. The summed E-state index contributed by atoms with van der Waals surface area (Å²) in [5, 5.41) is 3.27. The number of amides is 1. The summed E-state index contributed by atoms with van der Waals surface area (Å²) in [6, 6.07) is 14.4. The quantitative estimate of drug-likeness (QED) is 0.795. The monoisotopic (exact) mass is 323 g/mol. The molecule has 0 atom stereocenters. The van der Waals surface area contributed by atoms with Crippen molar-refractivity contribution in [2.75, 3.05) is 7.11 Å². The van der Waals surface area contributed by atoms with Crippen LogP contribution >= 0.6 is 0 Å². The predicted octanol–water partition coefficient (Wildman–Crippen LogP) is 1.87. The molecule has 2 aromatic carbocycles. The summed E-state index contributed by atoms with van der Waals surface area (Å²) in [5.74, 6) is 0.405. The van der Waals surface area contributed by atoms with Crippen LogP contribution in [0.5, 0.6) is 5.75 Å². The minimum Gasteiger partial charge on any atom is -0.497 e. The Morgan fingerprint density at radius 1 is 1.21 bits per heavy atom. The van der Waals surface area contributed by atoms with Crippen molar-refractivity contribution in [3.63, 3.8) is 0 Å². The van der Waals surface area contributed by atoms with E-state index in [9.17, 15) is 9.59 Å². The number of nitrogens with zero attached hydrogens (tertiary/aromatic N) is 2. The fraction of sp³-hybridized carbons (Fsp3) is 0.167. The van der Waals surface area contributed by atoms with Crippen LogP contribution in [0.4, 0.5) is 0 Å². The van der Waals surface area contributed by atoms with E-state index in [0.29, 0.717) is 17.4 Å². The van der Waals surface area contributed by atoms with Gasteiger partial charge in [0.25, 0.3) is 11.5 Å². The van der Waals surface area contributed by atoms with E-state index in [2.05, 4.69) is 10.3 Å². The van der Waals surface area contributed by atoms with Gasteiger partial charge in [-0.25, -0.2) is 4.98 Å². The largest absolute Gasteiger partial charge is 0.497 e. The summed E-state index contributed by atoms with van der Waals surface area (Å²) in [4.78, 5) is 29.1. The second kappa shape index (κ2) is 6.54. The van der Waals surface area contributed by atoms with Crippen molar-refractivity contribution in [2.45, 2.75) is 6.54 Å². The molecule has 0 bridgehead atoms. The summed E-state index contributed by atoms with van der Waals surface area (Å²) >= 11 is 0. The predicted molar refractivity (Wildman–Crippen MR) is 91.1 cm³/mol. The van der Waals surface area contributed by atoms with E-state index in [1.165, 1.54) is 4.57 Å². The fourth-order valence-corrected chi connectivity index (χ4v) is 2.46. The van der Waals surface area contributed by atoms with Crippen LogP contribution in [0, 0.1) is 0 Å². The normalized spacial score (nSPS) is 10.6. The second-order valence-corrected chi connectivity index (χ2v) is 5.35. The SMILES string of the molecule is COc1cccc(CNC(=O)c2nc3ccccc3c(=O)n2C)c1. The maximum Gasteiger partial charge on any atom is 0.287 e. The van der Waals surface area contributed by atoms with E-state index < -0.39 is 5.91 Å². The number of aromatic nitrogens is 2. The first kappa shape index (κ1) is 15.7. The zero-order valence-corrected chi connectivity index (χ0v) is 13.4. The van der Waals surface area contributed by atoms with Gasteiger partial charge in [-0.05, 0) is 29.8 Å². The lowest BCUT2D eigenvalue weighted by atomic mass is 10.2. The third-order valence-electron chi connectivity index (χ3n) is 3.77. The maximum absolute atomic E-state index is 12.4. The highest BCUT2D eigenvalue weighted by atomic mass is 16.5. The molecule has 0 fully saturated rings. The van der Waals surface area contributed by atoms with Crippen molar-refractivity contribution in [3.05, 3.63) is 70.3 Å². The standard InChI is InChI=1S/C18H17N3O3/c1-21-16(20-15-9-4-3-8-14(15)18(21)23)17(22)19-11-12-6-5-7-13(10-12)24-2/h3-10H,11H2,1-2H3,(H,19,22). The molecular formula is C18H17N3O3. The van der Waals surface area contributed by atoms with Crippen LogP contribution in [0.25, 0.3) is 10.9 Å². The Balaban J connectivity index is 1.86. The summed E-state index contributed by atoms with van der Waals surface area (Å²) < 4.78 is 6.43. The van der Waals surface area contributed by atoms with E-state index in [0.717, 1.165) is 11.3 Å². The van der Waals surface area contributed by atoms with Gasteiger partial charge in [0.15, 0.2) is 0 Å². The van der Waals surface area contributed by atoms with Gasteiger partial charge in [0.2, 0.25) is 5.82 Å². The van der Waals surface area contributed by atoms with Gasteiger partial charge in [0.1, 0.15) is 5.75 Å². The van der Waals surface area contributed by atoms with Crippen molar-refractivity contribution in [1.29, 1.82) is 0 Å². The van der Waals surface area contributed by atoms with Gasteiger partial charge in [0, 0.05) is 13.6 Å². The molecule has 24 heavy (non-hydrogen) atoms. The summed E-state index contributed by atoms with van der Waals surface area (Å²) in [6.45, 7) is 0.318. The van der Waals surface area contributed by atoms with Crippen LogP contribution in [-0.2, 0) is 13.6 Å². The number of carbonyl (C=O) groups is 1. The minimum absolute atomic E-state index is 0.0848. The lowest BCUT2D eigenvalue weighted by Crippen LogP contribution is -2.32. The minimum atomic E-state index is -0.400. The number of hydrogen-bond donors (Lipinski definition) is 1. The van der Waals surface area contributed by atoms with Crippen molar-refractivity contribution in [2.24, 2.45) is 7.05 Å². The van der Waals surface area contributed by atoms with Gasteiger partial charge in [-0.3, -0.25) is 14.2 Å². The molecule has 1 amide bonds. The number of ether oxygens (including phenoxy) is 1. The van der Waals surface area contributed by atoms with Gasteiger partial charge in [-0.15, -0.1) is 0 Å². The molecule has 6 heteroatoms. The molecule has 3 aromatic rings. The lowest BCUT2D eigenvalue weighted by Gasteiger charge is -2.10. The molecule has 3 rings (SSSR count). The molecular weight excluding hydrogens is 306 g/mol. The molecule has 6 nitrogen and oxygen atoms in total. The number of benzene rings is 2. The van der Waals surface area contributed by atoms with E-state index >= 15 is 0 Å². The summed E-state index contributed by atoms with van der Waals surface area (Å²) in [7, 11) is 3.13. The first-order chi connectivity index (χ1) is 11.6. The van der Waals surface area contributed by atoms with E-state index in [4.69, 9.17) is 4.74 Å². The molecule has 1 N–H and O–H groups in total. The Hall–Kier alpha value is -3.15. The second-order valence-electron chi connectivity index (χ2n) is 5.35. The number of methoxy groups -OCH3 is 1.